The van der Waals surface area contributed by atoms with Crippen molar-refractivity contribution in [2.45, 2.75) is 45.3 Å². The van der Waals surface area contributed by atoms with Crippen LogP contribution >= 0.6 is 0 Å². The Morgan fingerprint density at radius 2 is 2.12 bits per heavy atom. The van der Waals surface area contributed by atoms with Gasteiger partial charge < -0.3 is 24.5 Å². The van der Waals surface area contributed by atoms with Crippen molar-refractivity contribution in [3.8, 4) is 23.0 Å². The minimum atomic E-state index is -0.445. The van der Waals surface area contributed by atoms with Crippen LogP contribution in [-0.4, -0.2) is 45.0 Å². The van der Waals surface area contributed by atoms with E-state index in [9.17, 15) is 4.79 Å². The third-order valence-corrected chi connectivity index (χ3v) is 5.24. The van der Waals surface area contributed by atoms with Gasteiger partial charge in [-0.25, -0.2) is 9.78 Å². The first-order valence-corrected chi connectivity index (χ1v) is 10.5. The lowest BCUT2D eigenvalue weighted by molar-refractivity contribution is 0.0594. The third-order valence-electron chi connectivity index (χ3n) is 5.24. The normalized spacial score (nSPS) is 14.0. The molecule has 3 heterocycles. The Morgan fingerprint density at radius 3 is 2.91 bits per heavy atom. The van der Waals surface area contributed by atoms with E-state index >= 15 is 0 Å². The number of ether oxygens (including phenoxy) is 3. The number of aryl methyl sites for hydroxylation is 1. The summed E-state index contributed by atoms with van der Waals surface area (Å²) < 4.78 is 18.8. The minimum Gasteiger partial charge on any atom is -0.493 e. The molecule has 0 fully saturated rings. The van der Waals surface area contributed by atoms with Crippen LogP contribution < -0.4 is 15.2 Å². The maximum absolute atomic E-state index is 12.2. The molecule has 0 bridgehead atoms. The summed E-state index contributed by atoms with van der Waals surface area (Å²) in [4.78, 5) is 16.6. The maximum Gasteiger partial charge on any atom is 0.341 e. The predicted molar refractivity (Wildman–Crippen MR) is 119 cm³/mol. The van der Waals surface area contributed by atoms with Gasteiger partial charge in [0.2, 0.25) is 0 Å². The number of rotatable bonds is 8. The molecule has 3 aromatic rings. The van der Waals surface area contributed by atoms with Gasteiger partial charge in [0.25, 0.3) is 0 Å². The number of fused-ring (bicyclic) bond motifs is 1. The first kappa shape index (κ1) is 21.6. The second kappa shape index (κ2) is 8.86. The number of carbonyl (C=O) groups excluding carboxylic acids is 1. The van der Waals surface area contributed by atoms with Crippen LogP contribution in [0.2, 0.25) is 0 Å². The number of unbranched alkanes of at least 4 members (excludes halogenated alkanes) is 1. The SMILES string of the molecule is COC(=O)c1cc2c(cc1OCCCCn1cnnc1-c1cccc(N)n1)CC(C)(C)O2. The highest BCUT2D eigenvalue weighted by molar-refractivity contribution is 5.93. The number of carbonyl (C=O) groups is 1. The van der Waals surface area contributed by atoms with Crippen molar-refractivity contribution in [1.29, 1.82) is 0 Å². The van der Waals surface area contributed by atoms with E-state index in [1.54, 1.807) is 18.5 Å². The van der Waals surface area contributed by atoms with E-state index < -0.39 is 5.97 Å². The number of pyridine rings is 1. The van der Waals surface area contributed by atoms with Gasteiger partial charge in [-0.1, -0.05) is 6.07 Å². The molecule has 2 aromatic heterocycles. The maximum atomic E-state index is 12.2. The van der Waals surface area contributed by atoms with E-state index in [1.165, 1.54) is 7.11 Å². The largest absolute Gasteiger partial charge is 0.493 e. The van der Waals surface area contributed by atoms with Crippen LogP contribution in [0.1, 0.15) is 42.6 Å². The number of nitrogens with two attached hydrogens (primary N) is 1. The molecular weight excluding hydrogens is 410 g/mol. The number of nitrogens with zero attached hydrogens (tertiary/aromatic N) is 4. The summed E-state index contributed by atoms with van der Waals surface area (Å²) in [5.41, 5.74) is 7.56. The average Bonchev–Trinajstić information content (AvgIpc) is 3.34. The molecule has 1 aliphatic heterocycles. The number of hydrogen-bond acceptors (Lipinski definition) is 8. The fourth-order valence-corrected chi connectivity index (χ4v) is 3.78. The van der Waals surface area contributed by atoms with E-state index in [-0.39, 0.29) is 5.60 Å². The molecule has 9 heteroatoms. The summed E-state index contributed by atoms with van der Waals surface area (Å²) in [6.07, 6.45) is 4.05. The van der Waals surface area contributed by atoms with Crippen molar-refractivity contribution >= 4 is 11.8 Å². The Kier molecular flexibility index (Phi) is 5.98. The molecule has 0 saturated carbocycles. The highest BCUT2D eigenvalue weighted by atomic mass is 16.5. The van der Waals surface area contributed by atoms with Gasteiger partial charge in [0.1, 0.15) is 40.5 Å². The van der Waals surface area contributed by atoms with Crippen molar-refractivity contribution in [3.05, 3.63) is 47.8 Å². The molecule has 0 unspecified atom stereocenters. The van der Waals surface area contributed by atoms with Gasteiger partial charge in [-0.15, -0.1) is 10.2 Å². The van der Waals surface area contributed by atoms with Gasteiger partial charge in [0.05, 0.1) is 13.7 Å². The Bertz CT molecular complexity index is 1130. The van der Waals surface area contributed by atoms with Gasteiger partial charge in [0.15, 0.2) is 5.82 Å². The Hall–Kier alpha value is -3.62. The standard InChI is InChI=1S/C23H27N5O4/c1-23(2)13-15-11-19(16(22(29)30-3)12-18(15)32-23)31-10-5-4-9-28-14-25-27-21(28)17-7-6-8-20(24)26-17/h6-8,11-12,14H,4-5,9-10,13H2,1-3H3,(H2,24,26). The number of hydrogen-bond donors (Lipinski definition) is 1. The molecule has 32 heavy (non-hydrogen) atoms. The zero-order chi connectivity index (χ0) is 22.7. The van der Waals surface area contributed by atoms with Gasteiger partial charge >= 0.3 is 5.97 Å². The van der Waals surface area contributed by atoms with Crippen molar-refractivity contribution in [1.82, 2.24) is 19.7 Å². The van der Waals surface area contributed by atoms with E-state index in [2.05, 4.69) is 15.2 Å². The zero-order valence-electron chi connectivity index (χ0n) is 18.5. The van der Waals surface area contributed by atoms with Crippen LogP contribution in [0.25, 0.3) is 11.5 Å². The molecule has 1 aliphatic rings. The quantitative estimate of drug-likeness (QED) is 0.422. The second-order valence-electron chi connectivity index (χ2n) is 8.34. The molecule has 1 aromatic carbocycles. The first-order chi connectivity index (χ1) is 15.4. The zero-order valence-corrected chi connectivity index (χ0v) is 18.5. The highest BCUT2D eigenvalue weighted by Crippen LogP contribution is 2.39. The first-order valence-electron chi connectivity index (χ1n) is 10.5. The lowest BCUT2D eigenvalue weighted by Gasteiger charge is -2.17. The summed E-state index contributed by atoms with van der Waals surface area (Å²) in [5, 5.41) is 8.16. The average molecular weight is 438 g/mol. The van der Waals surface area contributed by atoms with Gasteiger partial charge in [-0.3, -0.25) is 0 Å². The molecule has 0 aliphatic carbocycles. The van der Waals surface area contributed by atoms with Crippen LogP contribution in [0, 0.1) is 0 Å². The summed E-state index contributed by atoms with van der Waals surface area (Å²) >= 11 is 0. The number of anilines is 1. The van der Waals surface area contributed by atoms with E-state index in [0.717, 1.165) is 24.8 Å². The molecule has 9 nitrogen and oxygen atoms in total. The summed E-state index contributed by atoms with van der Waals surface area (Å²) in [7, 11) is 1.36. The monoisotopic (exact) mass is 437 g/mol. The van der Waals surface area contributed by atoms with Crippen molar-refractivity contribution in [2.75, 3.05) is 19.5 Å². The van der Waals surface area contributed by atoms with Crippen molar-refractivity contribution in [2.24, 2.45) is 0 Å². The predicted octanol–water partition coefficient (Wildman–Crippen LogP) is 3.28. The Morgan fingerprint density at radius 1 is 1.28 bits per heavy atom. The van der Waals surface area contributed by atoms with E-state index in [0.29, 0.717) is 47.6 Å². The summed E-state index contributed by atoms with van der Waals surface area (Å²) in [5.74, 6) is 1.89. The van der Waals surface area contributed by atoms with Crippen LogP contribution in [0.5, 0.6) is 11.5 Å². The number of nitrogen functional groups attached to an aromatic ring is 1. The lowest BCUT2D eigenvalue weighted by Crippen LogP contribution is -2.24. The Labute approximate surface area is 186 Å². The van der Waals surface area contributed by atoms with Crippen molar-refractivity contribution < 1.29 is 19.0 Å². The topological polar surface area (TPSA) is 114 Å². The number of esters is 1. The summed E-state index contributed by atoms with van der Waals surface area (Å²) in [6, 6.07) is 9.03. The molecule has 2 N–H and O–H groups in total. The fourth-order valence-electron chi connectivity index (χ4n) is 3.78. The smallest absolute Gasteiger partial charge is 0.341 e. The van der Waals surface area contributed by atoms with E-state index in [1.807, 2.05) is 36.6 Å². The molecular formula is C23H27N5O4. The van der Waals surface area contributed by atoms with E-state index in [4.69, 9.17) is 19.9 Å². The van der Waals surface area contributed by atoms with Gasteiger partial charge in [-0.2, -0.15) is 0 Å². The van der Waals surface area contributed by atoms with Crippen LogP contribution in [0.15, 0.2) is 36.7 Å². The molecule has 0 spiro atoms. The van der Waals surface area contributed by atoms with Crippen LogP contribution in [0.3, 0.4) is 0 Å². The third kappa shape index (κ3) is 4.66. The number of methoxy groups -OCH3 is 1. The van der Waals surface area contributed by atoms with Crippen LogP contribution in [-0.2, 0) is 17.7 Å². The molecule has 4 rings (SSSR count). The molecule has 0 amide bonds. The fraction of sp³-hybridized carbons (Fsp3) is 0.391. The summed E-state index contributed by atoms with van der Waals surface area (Å²) in [6.45, 7) is 5.20. The lowest BCUT2D eigenvalue weighted by atomic mass is 10.0. The van der Waals surface area contributed by atoms with Crippen LogP contribution in [0.4, 0.5) is 5.82 Å². The van der Waals surface area contributed by atoms with Gasteiger partial charge in [-0.05, 0) is 51.0 Å². The second-order valence-corrected chi connectivity index (χ2v) is 8.34. The Balaban J connectivity index is 1.37. The number of aromatic nitrogens is 4. The van der Waals surface area contributed by atoms with Crippen molar-refractivity contribution in [3.63, 3.8) is 0 Å². The number of benzene rings is 1. The van der Waals surface area contributed by atoms with Gasteiger partial charge in [0, 0.05) is 18.5 Å². The molecule has 0 atom stereocenters. The molecule has 0 radical (unpaired) electrons. The highest BCUT2D eigenvalue weighted by Gasteiger charge is 2.32. The minimum absolute atomic E-state index is 0.302. The molecule has 0 saturated heterocycles. The molecule has 168 valence electrons.